The van der Waals surface area contributed by atoms with Crippen molar-refractivity contribution in [1.82, 2.24) is 4.98 Å². The molecule has 1 aromatic carbocycles. The molecule has 84 valence electrons. The molecule has 0 saturated carbocycles. The number of halogens is 1. The average Bonchev–Trinajstić information content (AvgIpc) is 2.22. The fourth-order valence-corrected chi connectivity index (χ4v) is 2.15. The second-order valence-corrected chi connectivity index (χ2v) is 4.76. The Morgan fingerprint density at radius 1 is 1.31 bits per heavy atom. The lowest BCUT2D eigenvalue weighted by Crippen LogP contribution is -2.00. The summed E-state index contributed by atoms with van der Waals surface area (Å²) in [5, 5.41) is 2.88. The minimum atomic E-state index is 0.310. The largest absolute Gasteiger partial charge is 0.384 e. The highest BCUT2D eigenvalue weighted by Gasteiger charge is 2.12. The molecule has 0 amide bonds. The maximum Gasteiger partial charge on any atom is 0.124 e. The van der Waals surface area contributed by atoms with Gasteiger partial charge in [0.15, 0.2) is 0 Å². The Morgan fingerprint density at radius 3 is 2.62 bits per heavy atom. The Hall–Kier alpha value is -1.28. The second kappa shape index (κ2) is 3.95. The van der Waals surface area contributed by atoms with E-state index in [1.165, 1.54) is 0 Å². The smallest absolute Gasteiger partial charge is 0.124 e. The summed E-state index contributed by atoms with van der Waals surface area (Å²) < 4.78 is 0. The number of hydrogen-bond acceptors (Lipinski definition) is 2. The van der Waals surface area contributed by atoms with Gasteiger partial charge in [-0.3, -0.25) is 0 Å². The number of fused-ring (bicyclic) bond motifs is 1. The molecular formula is C13H15ClN2. The average molecular weight is 235 g/mol. The molecule has 0 atom stereocenters. The van der Waals surface area contributed by atoms with Crippen LogP contribution < -0.4 is 5.73 Å². The van der Waals surface area contributed by atoms with Crippen molar-refractivity contribution >= 4 is 28.2 Å². The van der Waals surface area contributed by atoms with E-state index in [2.05, 4.69) is 18.8 Å². The number of nitrogens with zero attached hydrogens (tertiary/aromatic N) is 1. The molecule has 1 heterocycles. The van der Waals surface area contributed by atoms with Crippen molar-refractivity contribution in [2.24, 2.45) is 0 Å². The number of anilines is 1. The van der Waals surface area contributed by atoms with Gasteiger partial charge in [0.25, 0.3) is 0 Å². The number of nitrogens with two attached hydrogens (primary N) is 1. The van der Waals surface area contributed by atoms with Crippen LogP contribution >= 0.6 is 11.6 Å². The van der Waals surface area contributed by atoms with E-state index in [9.17, 15) is 0 Å². The highest BCUT2D eigenvalue weighted by molar-refractivity contribution is 6.36. The molecule has 0 aliphatic carbocycles. The van der Waals surface area contributed by atoms with Crippen LogP contribution in [-0.4, -0.2) is 4.98 Å². The molecule has 0 saturated heterocycles. The van der Waals surface area contributed by atoms with Crippen LogP contribution in [0.15, 0.2) is 18.2 Å². The van der Waals surface area contributed by atoms with Gasteiger partial charge in [-0.05, 0) is 29.9 Å². The molecule has 2 nitrogen and oxygen atoms in total. The first kappa shape index (κ1) is 11.2. The molecule has 0 aliphatic rings. The Kier molecular flexibility index (Phi) is 2.76. The van der Waals surface area contributed by atoms with Gasteiger partial charge < -0.3 is 5.73 Å². The van der Waals surface area contributed by atoms with Gasteiger partial charge in [-0.15, -0.1) is 0 Å². The predicted molar refractivity (Wildman–Crippen MR) is 70.0 cm³/mol. The Labute approximate surface area is 100 Å². The summed E-state index contributed by atoms with van der Waals surface area (Å²) >= 11 is 6.35. The van der Waals surface area contributed by atoms with E-state index in [1.807, 2.05) is 25.1 Å². The third-order valence-electron chi connectivity index (χ3n) is 2.72. The number of pyridine rings is 1. The third kappa shape index (κ3) is 1.74. The first-order valence-corrected chi connectivity index (χ1v) is 5.73. The lowest BCUT2D eigenvalue weighted by molar-refractivity contribution is 0.837. The molecule has 0 fully saturated rings. The van der Waals surface area contributed by atoms with Crippen LogP contribution in [-0.2, 0) is 0 Å². The van der Waals surface area contributed by atoms with Crippen LogP contribution in [0.25, 0.3) is 10.8 Å². The molecule has 0 unspecified atom stereocenters. The van der Waals surface area contributed by atoms with Crippen molar-refractivity contribution < 1.29 is 0 Å². The predicted octanol–water partition coefficient (Wildman–Crippen LogP) is 3.90. The molecule has 0 aliphatic heterocycles. The number of benzene rings is 1. The van der Waals surface area contributed by atoms with Crippen LogP contribution in [0, 0.1) is 6.92 Å². The van der Waals surface area contributed by atoms with Crippen molar-refractivity contribution in [3.63, 3.8) is 0 Å². The van der Waals surface area contributed by atoms with Crippen LogP contribution in [0.3, 0.4) is 0 Å². The molecule has 2 aromatic rings. The quantitative estimate of drug-likeness (QED) is 0.813. The zero-order valence-corrected chi connectivity index (χ0v) is 10.5. The van der Waals surface area contributed by atoms with Crippen molar-refractivity contribution in [3.8, 4) is 0 Å². The van der Waals surface area contributed by atoms with Crippen molar-refractivity contribution in [2.45, 2.75) is 26.7 Å². The second-order valence-electron chi connectivity index (χ2n) is 4.38. The molecule has 0 bridgehead atoms. The van der Waals surface area contributed by atoms with Gasteiger partial charge >= 0.3 is 0 Å². The zero-order chi connectivity index (χ0) is 11.9. The summed E-state index contributed by atoms with van der Waals surface area (Å²) in [6.45, 7) is 6.20. The van der Waals surface area contributed by atoms with Crippen molar-refractivity contribution in [1.29, 1.82) is 0 Å². The highest BCUT2D eigenvalue weighted by Crippen LogP contribution is 2.33. The molecule has 2 N–H and O–H groups in total. The lowest BCUT2D eigenvalue weighted by Gasteiger charge is -2.12. The summed E-state index contributed by atoms with van der Waals surface area (Å²) in [5.74, 6) is 0.862. The summed E-state index contributed by atoms with van der Waals surface area (Å²) in [7, 11) is 0. The minimum absolute atomic E-state index is 0.310. The Morgan fingerprint density at radius 2 is 2.00 bits per heavy atom. The van der Waals surface area contributed by atoms with Crippen molar-refractivity contribution in [3.05, 3.63) is 34.5 Å². The van der Waals surface area contributed by atoms with E-state index in [-0.39, 0.29) is 0 Å². The molecule has 0 spiro atoms. The summed E-state index contributed by atoms with van der Waals surface area (Å²) in [4.78, 5) is 4.40. The molecule has 2 rings (SSSR count). The standard InChI is InChI=1S/C13H15ClN2/c1-7(2)13-11-9(6-10(15)16-13)5-4-8(3)12(11)14/h4-7H,1-3H3,(H2,15,16). The summed E-state index contributed by atoms with van der Waals surface area (Å²) in [5.41, 5.74) is 7.84. The fourth-order valence-electron chi connectivity index (χ4n) is 1.88. The number of nitrogen functional groups attached to an aromatic ring is 1. The molecule has 1 aromatic heterocycles. The molecule has 3 heteroatoms. The van der Waals surface area contributed by atoms with Crippen molar-refractivity contribution in [2.75, 3.05) is 5.73 Å². The third-order valence-corrected chi connectivity index (χ3v) is 3.21. The normalized spacial score (nSPS) is 11.3. The van der Waals surface area contributed by atoms with E-state index >= 15 is 0 Å². The Bertz CT molecular complexity index is 547. The number of hydrogen-bond donors (Lipinski definition) is 1. The van der Waals surface area contributed by atoms with E-state index < -0.39 is 0 Å². The number of aryl methyl sites for hydroxylation is 1. The Balaban J connectivity index is 2.92. The topological polar surface area (TPSA) is 38.9 Å². The highest BCUT2D eigenvalue weighted by atomic mass is 35.5. The zero-order valence-electron chi connectivity index (χ0n) is 9.71. The molecular weight excluding hydrogens is 220 g/mol. The summed E-state index contributed by atoms with van der Waals surface area (Å²) in [6.07, 6.45) is 0. The SMILES string of the molecule is Cc1ccc2cc(N)nc(C(C)C)c2c1Cl. The van der Waals surface area contributed by atoms with Gasteiger partial charge in [-0.1, -0.05) is 37.6 Å². The van der Waals surface area contributed by atoms with E-state index in [4.69, 9.17) is 17.3 Å². The van der Waals surface area contributed by atoms with Crippen LogP contribution in [0.4, 0.5) is 5.82 Å². The van der Waals surface area contributed by atoms with Gasteiger partial charge in [0.05, 0.1) is 10.7 Å². The van der Waals surface area contributed by atoms with Crippen LogP contribution in [0.5, 0.6) is 0 Å². The van der Waals surface area contributed by atoms with Crippen LogP contribution in [0.2, 0.25) is 5.02 Å². The van der Waals surface area contributed by atoms with E-state index in [1.54, 1.807) is 0 Å². The first-order chi connectivity index (χ1) is 7.50. The maximum atomic E-state index is 6.35. The number of aromatic nitrogens is 1. The monoisotopic (exact) mass is 234 g/mol. The minimum Gasteiger partial charge on any atom is -0.384 e. The molecule has 0 radical (unpaired) electrons. The number of rotatable bonds is 1. The van der Waals surface area contributed by atoms with Crippen LogP contribution in [0.1, 0.15) is 31.0 Å². The van der Waals surface area contributed by atoms with Gasteiger partial charge in [-0.25, -0.2) is 4.98 Å². The van der Waals surface area contributed by atoms with E-state index in [0.717, 1.165) is 27.1 Å². The van der Waals surface area contributed by atoms with E-state index in [0.29, 0.717) is 11.7 Å². The van der Waals surface area contributed by atoms with Gasteiger partial charge in [0, 0.05) is 5.39 Å². The van der Waals surface area contributed by atoms with Gasteiger partial charge in [-0.2, -0.15) is 0 Å². The van der Waals surface area contributed by atoms with Gasteiger partial charge in [0.1, 0.15) is 5.82 Å². The summed E-state index contributed by atoms with van der Waals surface area (Å²) in [6, 6.07) is 5.92. The maximum absolute atomic E-state index is 6.35. The fraction of sp³-hybridized carbons (Fsp3) is 0.308. The molecule has 16 heavy (non-hydrogen) atoms. The van der Waals surface area contributed by atoms with Gasteiger partial charge in [0.2, 0.25) is 0 Å². The first-order valence-electron chi connectivity index (χ1n) is 5.36. The lowest BCUT2D eigenvalue weighted by atomic mass is 10.00.